The van der Waals surface area contributed by atoms with Gasteiger partial charge in [0.15, 0.2) is 0 Å². The predicted molar refractivity (Wildman–Crippen MR) is 86.8 cm³/mol. The normalized spacial score (nSPS) is 19.0. The first-order valence-corrected chi connectivity index (χ1v) is 7.59. The third-order valence-corrected chi connectivity index (χ3v) is 4.25. The minimum Gasteiger partial charge on any atom is -0.336 e. The van der Waals surface area contributed by atoms with Gasteiger partial charge in [-0.3, -0.25) is 4.79 Å². The summed E-state index contributed by atoms with van der Waals surface area (Å²) in [5.41, 5.74) is 3.14. The van der Waals surface area contributed by atoms with E-state index in [1.807, 2.05) is 11.8 Å². The van der Waals surface area contributed by atoms with E-state index in [0.29, 0.717) is 6.04 Å². The molecule has 1 fully saturated rings. The number of carbonyl (C=O) groups excluding carboxylic acids is 1. The number of aryl methyl sites for hydroxylation is 2. The molecule has 0 bridgehead atoms. The molecule has 3 heteroatoms. The van der Waals surface area contributed by atoms with Crippen molar-refractivity contribution in [2.24, 2.45) is 0 Å². The lowest BCUT2D eigenvalue weighted by molar-refractivity contribution is 0.0710. The zero-order chi connectivity index (χ0) is 15.0. The molecule has 0 radical (unpaired) electrons. The Kier molecular flexibility index (Phi) is 3.68. The van der Waals surface area contributed by atoms with Crippen LogP contribution in [0.15, 0.2) is 30.3 Å². The highest BCUT2D eigenvalue weighted by molar-refractivity contribution is 6.08. The van der Waals surface area contributed by atoms with Gasteiger partial charge in [0.1, 0.15) is 0 Å². The van der Waals surface area contributed by atoms with Gasteiger partial charge in [0, 0.05) is 25.7 Å². The van der Waals surface area contributed by atoms with Crippen molar-refractivity contribution in [3.8, 4) is 0 Å². The number of carbonyl (C=O) groups is 1. The maximum atomic E-state index is 13.0. The number of nitrogens with one attached hydrogen (secondary N) is 1. The molecule has 1 aliphatic rings. The summed E-state index contributed by atoms with van der Waals surface area (Å²) in [5.74, 6) is 0.162. The zero-order valence-electron chi connectivity index (χ0n) is 12.9. The smallest absolute Gasteiger partial charge is 0.254 e. The maximum Gasteiger partial charge on any atom is 0.254 e. The van der Waals surface area contributed by atoms with Gasteiger partial charge in [-0.15, -0.1) is 0 Å². The average molecular weight is 282 g/mol. The first-order valence-electron chi connectivity index (χ1n) is 7.59. The zero-order valence-corrected chi connectivity index (χ0v) is 12.9. The maximum absolute atomic E-state index is 13.0. The van der Waals surface area contributed by atoms with Gasteiger partial charge in [-0.05, 0) is 37.1 Å². The second-order valence-corrected chi connectivity index (χ2v) is 6.09. The van der Waals surface area contributed by atoms with Crippen LogP contribution in [0, 0.1) is 13.8 Å². The molecule has 2 aromatic rings. The quantitative estimate of drug-likeness (QED) is 0.872. The van der Waals surface area contributed by atoms with E-state index in [1.54, 1.807) is 0 Å². The standard InChI is InChI=1S/C18H22N2O/c1-12-4-7-16-15(10-12)6-5-13(2)17(16)18(21)20-9-8-19-14(3)11-20/h4-7,10,14,19H,8-9,11H2,1-3H3. The second-order valence-electron chi connectivity index (χ2n) is 6.09. The molecule has 0 saturated carbocycles. The van der Waals surface area contributed by atoms with Gasteiger partial charge in [-0.1, -0.05) is 35.9 Å². The van der Waals surface area contributed by atoms with Gasteiger partial charge in [-0.25, -0.2) is 0 Å². The molecule has 0 aromatic heterocycles. The number of piperazine rings is 1. The highest BCUT2D eigenvalue weighted by Crippen LogP contribution is 2.25. The highest BCUT2D eigenvalue weighted by Gasteiger charge is 2.24. The molecule has 21 heavy (non-hydrogen) atoms. The monoisotopic (exact) mass is 282 g/mol. The van der Waals surface area contributed by atoms with Gasteiger partial charge >= 0.3 is 0 Å². The molecule has 2 aromatic carbocycles. The number of fused-ring (bicyclic) bond motifs is 1. The number of hydrogen-bond donors (Lipinski definition) is 1. The fraction of sp³-hybridized carbons (Fsp3) is 0.389. The minimum atomic E-state index is 0.162. The molecule has 1 atom stereocenters. The number of rotatable bonds is 1. The van der Waals surface area contributed by atoms with E-state index in [9.17, 15) is 4.79 Å². The van der Waals surface area contributed by atoms with Crippen LogP contribution in [-0.4, -0.2) is 36.5 Å². The van der Waals surface area contributed by atoms with Gasteiger partial charge in [0.25, 0.3) is 5.91 Å². The molecule has 3 rings (SSSR count). The van der Waals surface area contributed by atoms with Crippen molar-refractivity contribution in [3.05, 3.63) is 47.0 Å². The summed E-state index contributed by atoms with van der Waals surface area (Å²) < 4.78 is 0. The summed E-state index contributed by atoms with van der Waals surface area (Å²) in [7, 11) is 0. The summed E-state index contributed by atoms with van der Waals surface area (Å²) >= 11 is 0. The molecule has 1 amide bonds. The van der Waals surface area contributed by atoms with Crippen molar-refractivity contribution < 1.29 is 4.79 Å². The molecule has 1 unspecified atom stereocenters. The van der Waals surface area contributed by atoms with Crippen LogP contribution < -0.4 is 5.32 Å². The van der Waals surface area contributed by atoms with Crippen molar-refractivity contribution in [2.75, 3.05) is 19.6 Å². The molecular weight excluding hydrogens is 260 g/mol. The molecule has 1 N–H and O–H groups in total. The van der Waals surface area contributed by atoms with Gasteiger partial charge < -0.3 is 10.2 Å². The highest BCUT2D eigenvalue weighted by atomic mass is 16.2. The Hall–Kier alpha value is -1.87. The predicted octanol–water partition coefficient (Wildman–Crippen LogP) is 2.89. The third kappa shape index (κ3) is 2.66. The molecule has 3 nitrogen and oxygen atoms in total. The average Bonchev–Trinajstić information content (AvgIpc) is 2.47. The van der Waals surface area contributed by atoms with E-state index in [-0.39, 0.29) is 5.91 Å². The van der Waals surface area contributed by atoms with Crippen LogP contribution in [0.25, 0.3) is 10.8 Å². The van der Waals surface area contributed by atoms with Gasteiger partial charge in [0.05, 0.1) is 5.56 Å². The molecule has 1 heterocycles. The van der Waals surface area contributed by atoms with Crippen LogP contribution in [-0.2, 0) is 0 Å². The van der Waals surface area contributed by atoms with Crippen molar-refractivity contribution in [2.45, 2.75) is 26.8 Å². The number of benzene rings is 2. The van der Waals surface area contributed by atoms with Gasteiger partial charge in [-0.2, -0.15) is 0 Å². The van der Waals surface area contributed by atoms with Crippen molar-refractivity contribution >= 4 is 16.7 Å². The van der Waals surface area contributed by atoms with Crippen LogP contribution in [0.4, 0.5) is 0 Å². The van der Waals surface area contributed by atoms with Gasteiger partial charge in [0.2, 0.25) is 0 Å². The second kappa shape index (κ2) is 5.49. The van der Waals surface area contributed by atoms with Crippen LogP contribution in [0.1, 0.15) is 28.4 Å². The molecular formula is C18H22N2O. The lowest BCUT2D eigenvalue weighted by atomic mass is 9.97. The largest absolute Gasteiger partial charge is 0.336 e. The van der Waals surface area contributed by atoms with E-state index < -0.39 is 0 Å². The Labute approximate surface area is 125 Å². The Morgan fingerprint density at radius 1 is 1.24 bits per heavy atom. The summed E-state index contributed by atoms with van der Waals surface area (Å²) in [6.45, 7) is 8.66. The Morgan fingerprint density at radius 3 is 2.81 bits per heavy atom. The summed E-state index contributed by atoms with van der Waals surface area (Å²) in [6, 6.07) is 10.8. The van der Waals surface area contributed by atoms with E-state index in [4.69, 9.17) is 0 Å². The topological polar surface area (TPSA) is 32.3 Å². The van der Waals surface area contributed by atoms with Crippen molar-refractivity contribution in [3.63, 3.8) is 0 Å². The van der Waals surface area contributed by atoms with Crippen LogP contribution >= 0.6 is 0 Å². The number of hydrogen-bond acceptors (Lipinski definition) is 2. The summed E-state index contributed by atoms with van der Waals surface area (Å²) in [6.07, 6.45) is 0. The Morgan fingerprint density at radius 2 is 2.05 bits per heavy atom. The van der Waals surface area contributed by atoms with E-state index in [1.165, 1.54) is 5.56 Å². The molecule has 1 aliphatic heterocycles. The number of nitrogens with zero attached hydrogens (tertiary/aromatic N) is 1. The summed E-state index contributed by atoms with van der Waals surface area (Å²) in [4.78, 5) is 14.9. The Balaban J connectivity index is 2.06. The van der Waals surface area contributed by atoms with E-state index in [0.717, 1.165) is 41.5 Å². The minimum absolute atomic E-state index is 0.162. The fourth-order valence-corrected chi connectivity index (χ4v) is 3.12. The first-order chi connectivity index (χ1) is 10.1. The van der Waals surface area contributed by atoms with Crippen LogP contribution in [0.2, 0.25) is 0 Å². The molecule has 110 valence electrons. The van der Waals surface area contributed by atoms with Crippen molar-refractivity contribution in [1.29, 1.82) is 0 Å². The lowest BCUT2D eigenvalue weighted by Gasteiger charge is -2.32. The summed E-state index contributed by atoms with van der Waals surface area (Å²) in [5, 5.41) is 5.60. The SMILES string of the molecule is Cc1ccc2c(C(=O)N3CCNC(C)C3)c(C)ccc2c1. The lowest BCUT2D eigenvalue weighted by Crippen LogP contribution is -2.51. The fourth-order valence-electron chi connectivity index (χ4n) is 3.12. The molecule has 0 aliphatic carbocycles. The third-order valence-electron chi connectivity index (χ3n) is 4.25. The van der Waals surface area contributed by atoms with Crippen LogP contribution in [0.3, 0.4) is 0 Å². The Bertz CT molecular complexity index is 693. The molecule has 0 spiro atoms. The van der Waals surface area contributed by atoms with E-state index in [2.05, 4.69) is 49.5 Å². The molecule has 1 saturated heterocycles. The van der Waals surface area contributed by atoms with E-state index >= 15 is 0 Å². The van der Waals surface area contributed by atoms with Crippen LogP contribution in [0.5, 0.6) is 0 Å². The first kappa shape index (κ1) is 14.1. The number of amides is 1. The van der Waals surface area contributed by atoms with Crippen molar-refractivity contribution in [1.82, 2.24) is 10.2 Å².